The Bertz CT molecular complexity index is 769. The lowest BCUT2D eigenvalue weighted by atomic mass is 9.91. The third-order valence-electron chi connectivity index (χ3n) is 3.97. The summed E-state index contributed by atoms with van der Waals surface area (Å²) < 4.78 is 0. The summed E-state index contributed by atoms with van der Waals surface area (Å²) in [6.07, 6.45) is 2.04. The molecule has 5 heteroatoms. The molecule has 1 aliphatic carbocycles. The second-order valence-electron chi connectivity index (χ2n) is 6.44. The zero-order chi connectivity index (χ0) is 16.6. The van der Waals surface area contributed by atoms with E-state index in [9.17, 15) is 9.90 Å². The van der Waals surface area contributed by atoms with Crippen molar-refractivity contribution in [3.63, 3.8) is 0 Å². The van der Waals surface area contributed by atoms with Crippen molar-refractivity contribution in [3.05, 3.63) is 35.2 Å². The van der Waals surface area contributed by atoms with Crippen LogP contribution in [0.5, 0.6) is 5.75 Å². The van der Waals surface area contributed by atoms with Crippen molar-refractivity contribution in [2.24, 2.45) is 5.92 Å². The van der Waals surface area contributed by atoms with Crippen LogP contribution in [0, 0.1) is 12.8 Å². The number of carbonyl (C=O) groups excluding carboxylic acids is 1. The van der Waals surface area contributed by atoms with Gasteiger partial charge in [-0.2, -0.15) is 0 Å². The number of phenolic OH excluding ortho intramolecular Hbond substituents is 1. The van der Waals surface area contributed by atoms with Crippen LogP contribution in [0.4, 0.5) is 5.82 Å². The summed E-state index contributed by atoms with van der Waals surface area (Å²) >= 11 is 0. The van der Waals surface area contributed by atoms with Crippen LogP contribution in [0.3, 0.4) is 0 Å². The van der Waals surface area contributed by atoms with Gasteiger partial charge in [0.15, 0.2) is 5.82 Å². The Hall–Kier alpha value is -2.43. The number of rotatable bonds is 3. The maximum absolute atomic E-state index is 12.0. The molecule has 1 aliphatic rings. The fraction of sp³-hybridized carbons (Fsp3) is 0.389. The fourth-order valence-corrected chi connectivity index (χ4v) is 2.89. The minimum absolute atomic E-state index is 0.0292. The third kappa shape index (κ3) is 3.18. The van der Waals surface area contributed by atoms with Crippen molar-refractivity contribution in [2.45, 2.75) is 40.0 Å². The number of benzene rings is 1. The number of nitrogens with one attached hydrogen (secondary N) is 1. The zero-order valence-electron chi connectivity index (χ0n) is 13.7. The van der Waals surface area contributed by atoms with Crippen LogP contribution in [0.15, 0.2) is 18.2 Å². The lowest BCUT2D eigenvalue weighted by molar-refractivity contribution is -0.116. The molecular weight excluding hydrogens is 290 g/mol. The molecule has 5 nitrogen and oxygen atoms in total. The van der Waals surface area contributed by atoms with Gasteiger partial charge in [-0.3, -0.25) is 4.79 Å². The lowest BCUT2D eigenvalue weighted by Crippen LogP contribution is -2.18. The Labute approximate surface area is 135 Å². The number of fused-ring (bicyclic) bond motifs is 3. The van der Waals surface area contributed by atoms with Crippen molar-refractivity contribution in [1.82, 2.24) is 9.97 Å². The van der Waals surface area contributed by atoms with Gasteiger partial charge in [0.25, 0.3) is 0 Å². The number of nitrogens with zero attached hydrogens (tertiary/aromatic N) is 2. The highest BCUT2D eigenvalue weighted by Crippen LogP contribution is 2.34. The number of hydrogen-bond acceptors (Lipinski definition) is 4. The normalized spacial score (nSPS) is 12.7. The van der Waals surface area contributed by atoms with E-state index in [1.807, 2.05) is 26.8 Å². The number of hydrogen-bond donors (Lipinski definition) is 2. The first-order chi connectivity index (χ1) is 10.9. The molecule has 0 aliphatic heterocycles. The molecule has 0 bridgehead atoms. The van der Waals surface area contributed by atoms with Crippen LogP contribution in [0.1, 0.15) is 37.2 Å². The standard InChI is InChI=1S/C18H21N3O2/c1-10(2)8-16(23)21-18-11(3)19-17-14-6-5-13(22)9-12(14)4-7-15(17)20-18/h5-6,9-10,22H,4,7-8H2,1-3H3,(H,20,21,23). The van der Waals surface area contributed by atoms with Crippen molar-refractivity contribution in [3.8, 4) is 17.0 Å². The average molecular weight is 311 g/mol. The second-order valence-corrected chi connectivity index (χ2v) is 6.44. The molecule has 0 radical (unpaired) electrons. The van der Waals surface area contributed by atoms with E-state index in [0.29, 0.717) is 23.9 Å². The van der Waals surface area contributed by atoms with Crippen LogP contribution in [0.25, 0.3) is 11.3 Å². The monoisotopic (exact) mass is 311 g/mol. The topological polar surface area (TPSA) is 75.1 Å². The highest BCUT2D eigenvalue weighted by molar-refractivity contribution is 5.90. The van der Waals surface area contributed by atoms with Gasteiger partial charge in [-0.05, 0) is 49.4 Å². The third-order valence-corrected chi connectivity index (χ3v) is 3.97. The Morgan fingerprint density at radius 1 is 1.30 bits per heavy atom. The van der Waals surface area contributed by atoms with Gasteiger partial charge in [-0.1, -0.05) is 13.8 Å². The van der Waals surface area contributed by atoms with Crippen LogP contribution in [-0.4, -0.2) is 21.0 Å². The number of phenols is 1. The minimum atomic E-state index is -0.0292. The number of amides is 1. The highest BCUT2D eigenvalue weighted by atomic mass is 16.3. The summed E-state index contributed by atoms with van der Waals surface area (Å²) in [6.45, 7) is 5.88. The molecule has 1 aromatic carbocycles. The summed E-state index contributed by atoms with van der Waals surface area (Å²) in [5, 5.41) is 12.5. The summed E-state index contributed by atoms with van der Waals surface area (Å²) in [4.78, 5) is 21.3. The van der Waals surface area contributed by atoms with E-state index in [0.717, 1.165) is 35.4 Å². The van der Waals surface area contributed by atoms with Crippen LogP contribution >= 0.6 is 0 Å². The van der Waals surface area contributed by atoms with Crippen LogP contribution < -0.4 is 5.32 Å². The van der Waals surface area contributed by atoms with Gasteiger partial charge >= 0.3 is 0 Å². The van der Waals surface area contributed by atoms with E-state index < -0.39 is 0 Å². The molecule has 23 heavy (non-hydrogen) atoms. The molecule has 120 valence electrons. The second kappa shape index (κ2) is 5.99. The predicted octanol–water partition coefficient (Wildman–Crippen LogP) is 3.24. The molecule has 0 spiro atoms. The summed E-state index contributed by atoms with van der Waals surface area (Å²) in [7, 11) is 0. The predicted molar refractivity (Wildman–Crippen MR) is 89.4 cm³/mol. The maximum atomic E-state index is 12.0. The van der Waals surface area contributed by atoms with Gasteiger partial charge in [-0.15, -0.1) is 0 Å². The van der Waals surface area contributed by atoms with E-state index in [4.69, 9.17) is 0 Å². The summed E-state index contributed by atoms with van der Waals surface area (Å²) in [6, 6.07) is 5.34. The van der Waals surface area contributed by atoms with Crippen molar-refractivity contribution < 1.29 is 9.90 Å². The minimum Gasteiger partial charge on any atom is -0.508 e. The highest BCUT2D eigenvalue weighted by Gasteiger charge is 2.21. The van der Waals surface area contributed by atoms with Crippen molar-refractivity contribution in [2.75, 3.05) is 5.32 Å². The number of carbonyl (C=O) groups is 1. The fourth-order valence-electron chi connectivity index (χ4n) is 2.89. The molecule has 2 aromatic rings. The van der Waals surface area contributed by atoms with Crippen molar-refractivity contribution in [1.29, 1.82) is 0 Å². The van der Waals surface area contributed by atoms with E-state index in [1.54, 1.807) is 12.1 Å². The Balaban J connectivity index is 1.94. The van der Waals surface area contributed by atoms with Crippen molar-refractivity contribution >= 4 is 11.7 Å². The van der Waals surface area contributed by atoms with Gasteiger partial charge in [-0.25, -0.2) is 9.97 Å². The molecular formula is C18H21N3O2. The first-order valence-electron chi connectivity index (χ1n) is 7.93. The van der Waals surface area contributed by atoms with Gasteiger partial charge < -0.3 is 10.4 Å². The summed E-state index contributed by atoms with van der Waals surface area (Å²) in [5.74, 6) is 1.10. The molecule has 1 aromatic heterocycles. The van der Waals surface area contributed by atoms with Crippen LogP contribution in [-0.2, 0) is 17.6 Å². The first-order valence-corrected chi connectivity index (χ1v) is 7.93. The lowest BCUT2D eigenvalue weighted by Gasteiger charge is -2.20. The molecule has 0 fully saturated rings. The molecule has 1 amide bonds. The van der Waals surface area contributed by atoms with Crippen LogP contribution in [0.2, 0.25) is 0 Å². The SMILES string of the molecule is Cc1nc2c(nc1NC(=O)CC(C)C)CCc1cc(O)ccc1-2. The quantitative estimate of drug-likeness (QED) is 0.912. The molecule has 2 N–H and O–H groups in total. The molecule has 0 unspecified atom stereocenters. The number of aryl methyl sites for hydroxylation is 3. The molecule has 0 saturated heterocycles. The first kappa shape index (κ1) is 15.5. The van der Waals surface area contributed by atoms with E-state index >= 15 is 0 Å². The summed E-state index contributed by atoms with van der Waals surface area (Å²) in [5.41, 5.74) is 4.56. The molecule has 3 rings (SSSR count). The largest absolute Gasteiger partial charge is 0.508 e. The Kier molecular flexibility index (Phi) is 4.03. The average Bonchev–Trinajstić information content (AvgIpc) is 2.47. The van der Waals surface area contributed by atoms with Gasteiger partial charge in [0.05, 0.1) is 17.1 Å². The smallest absolute Gasteiger partial charge is 0.225 e. The zero-order valence-corrected chi connectivity index (χ0v) is 13.7. The number of aromatic hydroxyl groups is 1. The van der Waals surface area contributed by atoms with E-state index in [2.05, 4.69) is 15.3 Å². The maximum Gasteiger partial charge on any atom is 0.225 e. The number of anilines is 1. The van der Waals surface area contributed by atoms with Gasteiger partial charge in [0.2, 0.25) is 5.91 Å². The number of aromatic nitrogens is 2. The Morgan fingerprint density at radius 2 is 2.09 bits per heavy atom. The van der Waals surface area contributed by atoms with Gasteiger partial charge in [0.1, 0.15) is 5.75 Å². The van der Waals surface area contributed by atoms with E-state index in [1.165, 1.54) is 0 Å². The molecule has 0 saturated carbocycles. The molecule has 0 atom stereocenters. The Morgan fingerprint density at radius 3 is 2.83 bits per heavy atom. The molecule has 1 heterocycles. The van der Waals surface area contributed by atoms with E-state index in [-0.39, 0.29) is 11.7 Å². The van der Waals surface area contributed by atoms with Gasteiger partial charge in [0, 0.05) is 12.0 Å².